The number of aliphatic carboxylic acids is 1. The zero-order valence-electron chi connectivity index (χ0n) is 19.1. The molecule has 14 nitrogen and oxygen atoms in total. The zero-order chi connectivity index (χ0) is 26.8. The largest absolute Gasteiger partial charge is 0.480 e. The van der Waals surface area contributed by atoms with E-state index in [2.05, 4.69) is 15.2 Å². The normalized spacial score (nSPS) is 16.2. The van der Waals surface area contributed by atoms with Crippen LogP contribution in [0.3, 0.4) is 0 Å². The second kappa shape index (κ2) is 13.1. The minimum atomic E-state index is -3.74. The first kappa shape index (κ1) is 30.0. The van der Waals surface area contributed by atoms with Crippen molar-refractivity contribution in [2.45, 2.75) is 38.3 Å². The number of benzene rings is 1. The predicted octanol–water partition coefficient (Wildman–Crippen LogP) is -0.743. The number of nitrogen functional groups attached to an aromatic ring is 1. The lowest BCUT2D eigenvalue weighted by molar-refractivity contribution is -0.139. The molecule has 0 aliphatic carbocycles. The van der Waals surface area contributed by atoms with Crippen LogP contribution in [-0.2, 0) is 34.6 Å². The molecule has 1 aromatic carbocycles. The Morgan fingerprint density at radius 3 is 2.31 bits per heavy atom. The van der Waals surface area contributed by atoms with E-state index in [4.69, 9.17) is 20.5 Å². The first-order valence-corrected chi connectivity index (χ1v) is 13.7. The van der Waals surface area contributed by atoms with Crippen LogP contribution in [0.15, 0.2) is 29.4 Å². The van der Waals surface area contributed by atoms with Gasteiger partial charge in [-0.3, -0.25) is 19.6 Å². The van der Waals surface area contributed by atoms with Crippen molar-refractivity contribution in [2.24, 2.45) is 10.9 Å². The number of oxime groups is 1. The van der Waals surface area contributed by atoms with E-state index in [0.29, 0.717) is 30.4 Å². The first-order valence-electron chi connectivity index (χ1n) is 10.2. The van der Waals surface area contributed by atoms with Crippen LogP contribution in [0.5, 0.6) is 0 Å². The van der Waals surface area contributed by atoms with Gasteiger partial charge in [0.25, 0.3) is 10.1 Å². The third-order valence-corrected chi connectivity index (χ3v) is 5.86. The van der Waals surface area contributed by atoms with Gasteiger partial charge in [-0.2, -0.15) is 13.1 Å². The molecule has 0 spiro atoms. The standard InChI is InChI=1S/C18H25N5O6S.CH4O3S/c1-2-7-30(27,28)23-15(18(25)26)10-21-16(24)9-13-8-14(22-29-13)11-3-5-12(6-4-11)17(19)20;1-5(2,3)4/h3-6,13,15,23H,2,7-10H2,1H3,(H3,19,20)(H,21,24)(H,25,26);1H3,(H,2,3,4)/t13-,15+;/m1./s1. The molecular weight excluding hydrogens is 506 g/mol. The number of rotatable bonds is 11. The number of nitrogens with one attached hydrogen (secondary N) is 3. The minimum absolute atomic E-state index is 0.0441. The molecule has 0 radical (unpaired) electrons. The van der Waals surface area contributed by atoms with Crippen molar-refractivity contribution in [1.29, 1.82) is 5.41 Å². The lowest BCUT2D eigenvalue weighted by atomic mass is 10.0. The smallest absolute Gasteiger partial charge is 0.323 e. The number of amides is 1. The van der Waals surface area contributed by atoms with Crippen molar-refractivity contribution in [3.8, 4) is 0 Å². The molecule has 0 saturated carbocycles. The van der Waals surface area contributed by atoms with Crippen molar-refractivity contribution >= 4 is 43.6 Å². The number of hydrogen-bond acceptors (Lipinski definition) is 9. The molecule has 2 atom stereocenters. The van der Waals surface area contributed by atoms with Crippen LogP contribution in [0, 0.1) is 5.41 Å². The van der Waals surface area contributed by atoms with Gasteiger partial charge in [-0.25, -0.2) is 8.42 Å². The number of sulfonamides is 1. The van der Waals surface area contributed by atoms with Gasteiger partial charge in [-0.1, -0.05) is 36.3 Å². The number of amidine groups is 1. The van der Waals surface area contributed by atoms with Crippen LogP contribution in [0.1, 0.15) is 37.3 Å². The van der Waals surface area contributed by atoms with E-state index < -0.39 is 44.2 Å². The zero-order valence-corrected chi connectivity index (χ0v) is 20.7. The first-order chi connectivity index (χ1) is 16.1. The van der Waals surface area contributed by atoms with Gasteiger partial charge in [0, 0.05) is 18.5 Å². The molecule has 196 valence electrons. The molecule has 1 aliphatic rings. The molecule has 16 heteroatoms. The summed E-state index contributed by atoms with van der Waals surface area (Å²) in [5.74, 6) is -2.11. The summed E-state index contributed by atoms with van der Waals surface area (Å²) in [5, 5.41) is 23.0. The Bertz CT molecular complexity index is 1140. The number of carbonyl (C=O) groups excluding carboxylic acids is 1. The average Bonchev–Trinajstić information content (AvgIpc) is 3.18. The van der Waals surface area contributed by atoms with E-state index in [1.165, 1.54) is 0 Å². The molecule has 0 fully saturated rings. The molecule has 0 unspecified atom stereocenters. The summed E-state index contributed by atoms with van der Waals surface area (Å²) in [4.78, 5) is 28.7. The minimum Gasteiger partial charge on any atom is -0.480 e. The number of carbonyl (C=O) groups is 2. The van der Waals surface area contributed by atoms with Gasteiger partial charge in [-0.05, 0) is 12.0 Å². The van der Waals surface area contributed by atoms with E-state index in [0.717, 1.165) is 5.56 Å². The van der Waals surface area contributed by atoms with E-state index in [9.17, 15) is 31.5 Å². The third-order valence-electron chi connectivity index (χ3n) is 4.27. The highest BCUT2D eigenvalue weighted by Crippen LogP contribution is 2.19. The van der Waals surface area contributed by atoms with Crippen LogP contribution in [0.4, 0.5) is 0 Å². The number of carboxylic acid groups (broad SMARTS) is 1. The molecule has 7 N–H and O–H groups in total. The summed E-state index contributed by atoms with van der Waals surface area (Å²) >= 11 is 0. The number of hydrogen-bond donors (Lipinski definition) is 6. The van der Waals surface area contributed by atoms with Crippen molar-refractivity contribution < 1.29 is 40.9 Å². The van der Waals surface area contributed by atoms with Crippen LogP contribution in [0.25, 0.3) is 0 Å². The Hall–Kier alpha value is -3.08. The van der Waals surface area contributed by atoms with E-state index >= 15 is 0 Å². The highest BCUT2D eigenvalue weighted by molar-refractivity contribution is 7.89. The number of nitrogens with two attached hydrogens (primary N) is 1. The van der Waals surface area contributed by atoms with E-state index in [1.54, 1.807) is 31.2 Å². The Labute approximate surface area is 203 Å². The SMILES string of the molecule is CCCS(=O)(=O)N[C@@H](CNC(=O)C[C@H]1CC(c2ccc(C(=N)N)cc2)=NO1)C(=O)O.CS(=O)(=O)O. The maximum absolute atomic E-state index is 12.1. The summed E-state index contributed by atoms with van der Waals surface area (Å²) in [6, 6.07) is 5.42. The summed E-state index contributed by atoms with van der Waals surface area (Å²) in [6.07, 6.45) is 0.845. The van der Waals surface area contributed by atoms with Crippen LogP contribution >= 0.6 is 0 Å². The maximum Gasteiger partial charge on any atom is 0.323 e. The van der Waals surface area contributed by atoms with Gasteiger partial charge < -0.3 is 21.0 Å². The van der Waals surface area contributed by atoms with Crippen LogP contribution in [-0.4, -0.2) is 80.6 Å². The van der Waals surface area contributed by atoms with Gasteiger partial charge in [0.1, 0.15) is 18.0 Å². The molecule has 1 heterocycles. The lowest BCUT2D eigenvalue weighted by Gasteiger charge is -2.16. The summed E-state index contributed by atoms with van der Waals surface area (Å²) in [7, 11) is -7.41. The molecule has 0 saturated heterocycles. The van der Waals surface area contributed by atoms with Crippen molar-refractivity contribution in [2.75, 3.05) is 18.6 Å². The Morgan fingerprint density at radius 2 is 1.83 bits per heavy atom. The molecular formula is C19H29N5O9S2. The van der Waals surface area contributed by atoms with E-state index in [-0.39, 0.29) is 24.6 Å². The highest BCUT2D eigenvalue weighted by atomic mass is 32.2. The predicted molar refractivity (Wildman–Crippen MR) is 127 cm³/mol. The number of nitrogens with zero attached hydrogens (tertiary/aromatic N) is 1. The lowest BCUT2D eigenvalue weighted by Crippen LogP contribution is -2.49. The Balaban J connectivity index is 0.00000111. The summed E-state index contributed by atoms with van der Waals surface area (Å²) in [6.45, 7) is 1.27. The van der Waals surface area contributed by atoms with Gasteiger partial charge in [-0.15, -0.1) is 0 Å². The fourth-order valence-corrected chi connectivity index (χ4v) is 4.04. The van der Waals surface area contributed by atoms with E-state index in [1.807, 2.05) is 0 Å². The molecule has 2 rings (SSSR count). The molecule has 0 bridgehead atoms. The summed E-state index contributed by atoms with van der Waals surface area (Å²) < 4.78 is 51.4. The van der Waals surface area contributed by atoms with Crippen LogP contribution < -0.4 is 15.8 Å². The Morgan fingerprint density at radius 1 is 1.26 bits per heavy atom. The second-order valence-electron chi connectivity index (χ2n) is 7.53. The van der Waals surface area contributed by atoms with Gasteiger partial charge in [0.2, 0.25) is 15.9 Å². The molecule has 1 aromatic rings. The third kappa shape index (κ3) is 12.3. The van der Waals surface area contributed by atoms with Crippen molar-refractivity contribution in [3.63, 3.8) is 0 Å². The molecule has 1 aliphatic heterocycles. The number of carboxylic acids is 1. The maximum atomic E-state index is 12.1. The fourth-order valence-electron chi connectivity index (χ4n) is 2.77. The quantitative estimate of drug-likeness (QED) is 0.118. The van der Waals surface area contributed by atoms with Crippen molar-refractivity contribution in [3.05, 3.63) is 35.4 Å². The van der Waals surface area contributed by atoms with Gasteiger partial charge in [0.15, 0.2) is 0 Å². The highest BCUT2D eigenvalue weighted by Gasteiger charge is 2.27. The second-order valence-corrected chi connectivity index (χ2v) is 10.9. The van der Waals surface area contributed by atoms with Gasteiger partial charge >= 0.3 is 5.97 Å². The monoisotopic (exact) mass is 535 g/mol. The van der Waals surface area contributed by atoms with Crippen LogP contribution in [0.2, 0.25) is 0 Å². The van der Waals surface area contributed by atoms with Gasteiger partial charge in [0.05, 0.1) is 24.1 Å². The summed E-state index contributed by atoms with van der Waals surface area (Å²) in [5.41, 5.74) is 7.42. The average molecular weight is 536 g/mol. The Kier molecular flexibility index (Phi) is 11.2. The molecule has 0 aromatic heterocycles. The topological polar surface area (TPSA) is 238 Å². The van der Waals surface area contributed by atoms with Crippen molar-refractivity contribution in [1.82, 2.24) is 10.0 Å². The molecule has 1 amide bonds. The fraction of sp³-hybridized carbons (Fsp3) is 0.474. The molecule has 35 heavy (non-hydrogen) atoms.